The van der Waals surface area contributed by atoms with Gasteiger partial charge in [0.05, 0.1) is 11.6 Å². The molecule has 4 rings (SSSR count). The van der Waals surface area contributed by atoms with Crippen molar-refractivity contribution in [2.45, 2.75) is 65.0 Å². The zero-order chi connectivity index (χ0) is 23.4. The van der Waals surface area contributed by atoms with E-state index in [1.165, 1.54) is 12.8 Å². The van der Waals surface area contributed by atoms with Gasteiger partial charge in [-0.2, -0.15) is 5.26 Å². The molecule has 1 N–H and O–H groups in total. The minimum absolute atomic E-state index is 0.0256. The fourth-order valence-electron chi connectivity index (χ4n) is 5.49. The summed E-state index contributed by atoms with van der Waals surface area (Å²) in [7, 11) is 0. The molecule has 1 aromatic carbocycles. The second-order valence-electron chi connectivity index (χ2n) is 10.00. The third-order valence-corrected chi connectivity index (χ3v) is 7.51. The fourth-order valence-corrected chi connectivity index (χ4v) is 5.49. The summed E-state index contributed by atoms with van der Waals surface area (Å²) in [6.45, 7) is 8.60. The average molecular weight is 453 g/mol. The van der Waals surface area contributed by atoms with Gasteiger partial charge in [-0.1, -0.05) is 12.8 Å². The summed E-state index contributed by atoms with van der Waals surface area (Å²) < 4.78 is 5.38. The molecule has 1 aromatic rings. The van der Waals surface area contributed by atoms with Crippen LogP contribution in [-0.4, -0.2) is 60.5 Å². The van der Waals surface area contributed by atoms with Gasteiger partial charge in [-0.05, 0) is 62.3 Å². The molecule has 33 heavy (non-hydrogen) atoms. The molecule has 7 heteroatoms. The van der Waals surface area contributed by atoms with E-state index >= 15 is 0 Å². The summed E-state index contributed by atoms with van der Waals surface area (Å²) in [4.78, 5) is 29.9. The Morgan fingerprint density at radius 3 is 2.67 bits per heavy atom. The van der Waals surface area contributed by atoms with Crippen molar-refractivity contribution in [2.75, 3.05) is 38.2 Å². The first-order valence-corrected chi connectivity index (χ1v) is 12.4. The third-order valence-electron chi connectivity index (χ3n) is 7.51. The maximum Gasteiger partial charge on any atom is 0.226 e. The van der Waals surface area contributed by atoms with Crippen molar-refractivity contribution in [3.63, 3.8) is 0 Å². The van der Waals surface area contributed by atoms with Gasteiger partial charge in [0.15, 0.2) is 0 Å². The Morgan fingerprint density at radius 1 is 1.21 bits per heavy atom. The van der Waals surface area contributed by atoms with Gasteiger partial charge in [0, 0.05) is 63.5 Å². The van der Waals surface area contributed by atoms with E-state index in [0.29, 0.717) is 31.0 Å². The third kappa shape index (κ3) is 5.74. The van der Waals surface area contributed by atoms with Gasteiger partial charge < -0.3 is 15.0 Å². The Bertz CT molecular complexity index is 913. The maximum atomic E-state index is 12.9. The molecule has 2 heterocycles. The molecule has 3 fully saturated rings. The minimum atomic E-state index is -0.0256. The first-order valence-electron chi connectivity index (χ1n) is 12.4. The lowest BCUT2D eigenvalue weighted by molar-refractivity contribution is -0.140. The molecule has 0 bridgehead atoms. The molecule has 1 unspecified atom stereocenters. The van der Waals surface area contributed by atoms with Gasteiger partial charge in [-0.3, -0.25) is 14.5 Å². The number of hydrogen-bond donors (Lipinski definition) is 1. The number of nitrogens with zero attached hydrogens (tertiary/aromatic N) is 3. The second kappa shape index (κ2) is 10.7. The van der Waals surface area contributed by atoms with Crippen LogP contribution < -0.4 is 5.32 Å². The molecule has 1 aliphatic carbocycles. The Kier molecular flexibility index (Phi) is 7.67. The fraction of sp³-hybridized carbons (Fsp3) is 0.654. The summed E-state index contributed by atoms with van der Waals surface area (Å²) in [6, 6.07) is 6.11. The first-order chi connectivity index (χ1) is 15.9. The van der Waals surface area contributed by atoms with Gasteiger partial charge >= 0.3 is 0 Å². The lowest BCUT2D eigenvalue weighted by atomic mass is 10.00. The lowest BCUT2D eigenvalue weighted by Gasteiger charge is -2.41. The molecule has 2 saturated heterocycles. The zero-order valence-corrected chi connectivity index (χ0v) is 19.9. The van der Waals surface area contributed by atoms with Crippen LogP contribution in [0, 0.1) is 30.1 Å². The Hall–Kier alpha value is -2.43. The number of amides is 2. The van der Waals surface area contributed by atoms with E-state index in [9.17, 15) is 14.9 Å². The monoisotopic (exact) mass is 452 g/mol. The van der Waals surface area contributed by atoms with E-state index in [4.69, 9.17) is 4.74 Å². The van der Waals surface area contributed by atoms with Crippen molar-refractivity contribution in [2.24, 2.45) is 11.8 Å². The molecule has 3 aliphatic rings. The van der Waals surface area contributed by atoms with Crippen LogP contribution in [0.2, 0.25) is 0 Å². The Labute approximate surface area is 197 Å². The summed E-state index contributed by atoms with van der Waals surface area (Å²) in [5.74, 6) is 0.798. The summed E-state index contributed by atoms with van der Waals surface area (Å²) in [6.07, 6.45) is 5.78. The Balaban J connectivity index is 1.40. The van der Waals surface area contributed by atoms with Gasteiger partial charge in [0.25, 0.3) is 0 Å². The highest BCUT2D eigenvalue weighted by atomic mass is 16.5. The topological polar surface area (TPSA) is 85.7 Å². The number of nitriles is 1. The van der Waals surface area contributed by atoms with Crippen LogP contribution in [0.3, 0.4) is 0 Å². The van der Waals surface area contributed by atoms with Gasteiger partial charge in [-0.15, -0.1) is 0 Å². The van der Waals surface area contributed by atoms with Crippen LogP contribution in [0.5, 0.6) is 0 Å². The van der Waals surface area contributed by atoms with E-state index < -0.39 is 0 Å². The molecular weight excluding hydrogens is 416 g/mol. The summed E-state index contributed by atoms with van der Waals surface area (Å²) >= 11 is 0. The van der Waals surface area contributed by atoms with E-state index in [0.717, 1.165) is 62.3 Å². The average Bonchev–Trinajstić information content (AvgIpc) is 3.50. The molecule has 7 nitrogen and oxygen atoms in total. The van der Waals surface area contributed by atoms with E-state index in [1.54, 1.807) is 6.07 Å². The lowest BCUT2D eigenvalue weighted by Crippen LogP contribution is -2.54. The number of rotatable bonds is 6. The number of carbonyl (C=O) groups excluding carboxylic acids is 2. The predicted molar refractivity (Wildman–Crippen MR) is 126 cm³/mol. The standard InChI is InChI=1S/C26H36N4O3/c1-18-15-29(8-9-30(18)26(32)22-5-3-4-6-22)16-23-11-21(14-27)12-24(19(23)2)28-25(31)13-20-7-10-33-17-20/h11-12,18,20,22H,3-10,13,15-17H2,1-2H3,(H,28,31)/t18-,20?/m0/s1. The van der Waals surface area contributed by atoms with Crippen molar-refractivity contribution in [3.8, 4) is 6.07 Å². The number of piperazine rings is 1. The van der Waals surface area contributed by atoms with Crippen molar-refractivity contribution in [1.29, 1.82) is 5.26 Å². The molecule has 2 aliphatic heterocycles. The molecular formula is C26H36N4O3. The predicted octanol–water partition coefficient (Wildman–Crippen LogP) is 3.45. The van der Waals surface area contributed by atoms with Crippen molar-refractivity contribution >= 4 is 17.5 Å². The minimum Gasteiger partial charge on any atom is -0.381 e. The van der Waals surface area contributed by atoms with Crippen molar-refractivity contribution in [3.05, 3.63) is 28.8 Å². The smallest absolute Gasteiger partial charge is 0.226 e. The summed E-state index contributed by atoms with van der Waals surface area (Å²) in [5.41, 5.74) is 3.33. The van der Waals surface area contributed by atoms with E-state index in [1.807, 2.05) is 13.0 Å². The van der Waals surface area contributed by atoms with E-state index in [-0.39, 0.29) is 23.8 Å². The first kappa shape index (κ1) is 23.7. The molecule has 178 valence electrons. The number of benzene rings is 1. The van der Waals surface area contributed by atoms with Crippen LogP contribution >= 0.6 is 0 Å². The van der Waals surface area contributed by atoms with Crippen molar-refractivity contribution < 1.29 is 14.3 Å². The van der Waals surface area contributed by atoms with Gasteiger partial charge in [0.2, 0.25) is 11.8 Å². The molecule has 0 spiro atoms. The van der Waals surface area contributed by atoms with Crippen molar-refractivity contribution in [1.82, 2.24) is 9.80 Å². The number of hydrogen-bond acceptors (Lipinski definition) is 5. The molecule has 0 aromatic heterocycles. The maximum absolute atomic E-state index is 12.9. The number of ether oxygens (including phenoxy) is 1. The molecule has 0 radical (unpaired) electrons. The number of nitrogens with one attached hydrogen (secondary N) is 1. The summed E-state index contributed by atoms with van der Waals surface area (Å²) in [5, 5.41) is 12.6. The quantitative estimate of drug-likeness (QED) is 0.714. The highest BCUT2D eigenvalue weighted by molar-refractivity contribution is 5.92. The molecule has 2 amide bonds. The molecule has 2 atom stereocenters. The molecule has 1 saturated carbocycles. The van der Waals surface area contributed by atoms with Crippen LogP contribution in [0.25, 0.3) is 0 Å². The van der Waals surface area contributed by atoms with Gasteiger partial charge in [-0.25, -0.2) is 0 Å². The highest BCUT2D eigenvalue weighted by Crippen LogP contribution is 2.29. The van der Waals surface area contributed by atoms with Crippen LogP contribution in [-0.2, 0) is 20.9 Å². The van der Waals surface area contributed by atoms with Crippen LogP contribution in [0.1, 0.15) is 62.1 Å². The number of carbonyl (C=O) groups is 2. The normalized spacial score (nSPS) is 24.1. The zero-order valence-electron chi connectivity index (χ0n) is 19.9. The van der Waals surface area contributed by atoms with Crippen LogP contribution in [0.15, 0.2) is 12.1 Å². The Morgan fingerprint density at radius 2 is 2.00 bits per heavy atom. The van der Waals surface area contributed by atoms with E-state index in [2.05, 4.69) is 28.1 Å². The van der Waals surface area contributed by atoms with Gasteiger partial charge in [0.1, 0.15) is 0 Å². The van der Waals surface area contributed by atoms with Crippen LogP contribution in [0.4, 0.5) is 5.69 Å². The highest BCUT2D eigenvalue weighted by Gasteiger charge is 2.33. The largest absolute Gasteiger partial charge is 0.381 e. The SMILES string of the molecule is Cc1c(CN2CCN(C(=O)C3CCCC3)[C@@H](C)C2)cc(C#N)cc1NC(=O)CC1CCOC1. The second-order valence-corrected chi connectivity index (χ2v) is 10.00. The number of anilines is 1.